The molecular formula is C17H23NO4. The zero-order chi connectivity index (χ0) is 15.4. The second kappa shape index (κ2) is 7.11. The molecule has 0 aliphatic carbocycles. The lowest BCUT2D eigenvalue weighted by Gasteiger charge is -2.32. The van der Waals surface area contributed by atoms with Crippen LogP contribution in [0, 0.1) is 6.92 Å². The van der Waals surface area contributed by atoms with Gasteiger partial charge in [-0.2, -0.15) is 0 Å². The maximum absolute atomic E-state index is 12.2. The zero-order valence-corrected chi connectivity index (χ0v) is 13.0. The van der Waals surface area contributed by atoms with Crippen molar-refractivity contribution in [2.24, 2.45) is 0 Å². The standard InChI is InChI=1S/C17H23NO4/c1-13-2-3-14(21-13)4-5-17(19)18-9-6-15(7-10-18)22-16-8-11-20-12-16/h2-5,15-16H,6-12H2,1H3/b5-4+/t16-/m0/s1. The van der Waals surface area contributed by atoms with Gasteiger partial charge >= 0.3 is 0 Å². The van der Waals surface area contributed by atoms with Crippen molar-refractivity contribution in [1.29, 1.82) is 0 Å². The summed E-state index contributed by atoms with van der Waals surface area (Å²) in [5.74, 6) is 1.60. The molecule has 3 rings (SSSR count). The molecule has 0 aromatic carbocycles. The maximum atomic E-state index is 12.2. The van der Waals surface area contributed by atoms with Gasteiger partial charge in [-0.1, -0.05) is 0 Å². The second-order valence-electron chi connectivity index (χ2n) is 5.93. The van der Waals surface area contributed by atoms with Crippen LogP contribution in [0.2, 0.25) is 0 Å². The number of ether oxygens (including phenoxy) is 2. The van der Waals surface area contributed by atoms with E-state index in [0.29, 0.717) is 12.4 Å². The fourth-order valence-electron chi connectivity index (χ4n) is 2.91. The van der Waals surface area contributed by atoms with Crippen LogP contribution >= 0.6 is 0 Å². The lowest BCUT2D eigenvalue weighted by molar-refractivity contribution is -0.129. The van der Waals surface area contributed by atoms with E-state index in [2.05, 4.69) is 0 Å². The number of aryl methyl sites for hydroxylation is 1. The summed E-state index contributed by atoms with van der Waals surface area (Å²) in [5, 5.41) is 0. The van der Waals surface area contributed by atoms with Crippen molar-refractivity contribution in [3.8, 4) is 0 Å². The third-order valence-electron chi connectivity index (χ3n) is 4.18. The quantitative estimate of drug-likeness (QED) is 0.802. The number of piperidine rings is 1. The van der Waals surface area contributed by atoms with Crippen LogP contribution in [0.3, 0.4) is 0 Å². The van der Waals surface area contributed by atoms with Crippen LogP contribution in [0.1, 0.15) is 30.8 Å². The summed E-state index contributed by atoms with van der Waals surface area (Å²) in [6, 6.07) is 3.75. The molecule has 1 aromatic heterocycles. The maximum Gasteiger partial charge on any atom is 0.246 e. The van der Waals surface area contributed by atoms with Crippen LogP contribution in [0.25, 0.3) is 6.08 Å². The minimum Gasteiger partial charge on any atom is -0.462 e. The van der Waals surface area contributed by atoms with Gasteiger partial charge in [0.15, 0.2) is 0 Å². The SMILES string of the molecule is Cc1ccc(/C=C/C(=O)N2CCC(O[C@H]3CCOC3)CC2)o1. The Labute approximate surface area is 130 Å². The molecule has 0 radical (unpaired) electrons. The van der Waals surface area contributed by atoms with E-state index in [9.17, 15) is 4.79 Å². The third kappa shape index (κ3) is 3.99. The van der Waals surface area contributed by atoms with Crippen LogP contribution in [0.5, 0.6) is 0 Å². The monoisotopic (exact) mass is 305 g/mol. The highest BCUT2D eigenvalue weighted by atomic mass is 16.5. The van der Waals surface area contributed by atoms with Gasteiger partial charge in [-0.25, -0.2) is 0 Å². The molecule has 0 unspecified atom stereocenters. The number of carbonyl (C=O) groups excluding carboxylic acids is 1. The van der Waals surface area contributed by atoms with E-state index in [0.717, 1.165) is 44.7 Å². The molecule has 1 aromatic rings. The highest BCUT2D eigenvalue weighted by molar-refractivity contribution is 5.91. The van der Waals surface area contributed by atoms with Crippen LogP contribution in [-0.2, 0) is 14.3 Å². The van der Waals surface area contributed by atoms with Gasteiger partial charge in [0.25, 0.3) is 0 Å². The predicted octanol–water partition coefficient (Wildman–Crippen LogP) is 2.40. The Morgan fingerprint density at radius 1 is 1.27 bits per heavy atom. The molecule has 0 bridgehead atoms. The molecule has 2 aliphatic heterocycles. The van der Waals surface area contributed by atoms with Gasteiger partial charge in [-0.3, -0.25) is 4.79 Å². The Morgan fingerprint density at radius 2 is 2.09 bits per heavy atom. The summed E-state index contributed by atoms with van der Waals surface area (Å²) in [6.07, 6.45) is 6.61. The second-order valence-corrected chi connectivity index (χ2v) is 5.93. The van der Waals surface area contributed by atoms with Gasteiger partial charge in [0.05, 0.1) is 18.8 Å². The zero-order valence-electron chi connectivity index (χ0n) is 13.0. The topological polar surface area (TPSA) is 51.9 Å². The Hall–Kier alpha value is -1.59. The van der Waals surface area contributed by atoms with E-state index < -0.39 is 0 Å². The lowest BCUT2D eigenvalue weighted by atomic mass is 10.1. The predicted molar refractivity (Wildman–Crippen MR) is 82.4 cm³/mol. The number of hydrogen-bond donors (Lipinski definition) is 0. The average Bonchev–Trinajstić information content (AvgIpc) is 3.17. The van der Waals surface area contributed by atoms with Gasteiger partial charge in [-0.15, -0.1) is 0 Å². The molecule has 5 nitrogen and oxygen atoms in total. The van der Waals surface area contributed by atoms with E-state index in [1.165, 1.54) is 0 Å². The molecule has 2 aliphatic rings. The Morgan fingerprint density at radius 3 is 2.73 bits per heavy atom. The fraction of sp³-hybridized carbons (Fsp3) is 0.588. The fourth-order valence-corrected chi connectivity index (χ4v) is 2.91. The van der Waals surface area contributed by atoms with Crippen molar-refractivity contribution in [2.45, 2.75) is 38.4 Å². The summed E-state index contributed by atoms with van der Waals surface area (Å²) < 4.78 is 16.8. The van der Waals surface area contributed by atoms with Crippen LogP contribution < -0.4 is 0 Å². The summed E-state index contributed by atoms with van der Waals surface area (Å²) >= 11 is 0. The Bertz CT molecular complexity index is 523. The smallest absolute Gasteiger partial charge is 0.246 e. The normalized spacial score (nSPS) is 23.5. The van der Waals surface area contributed by atoms with E-state index in [4.69, 9.17) is 13.9 Å². The number of carbonyl (C=O) groups is 1. The number of hydrogen-bond acceptors (Lipinski definition) is 4. The van der Waals surface area contributed by atoms with Crippen molar-refractivity contribution in [2.75, 3.05) is 26.3 Å². The van der Waals surface area contributed by atoms with Crippen LogP contribution in [0.15, 0.2) is 22.6 Å². The van der Waals surface area contributed by atoms with E-state index in [1.54, 1.807) is 12.2 Å². The summed E-state index contributed by atoms with van der Waals surface area (Å²) in [6.45, 7) is 4.90. The van der Waals surface area contributed by atoms with Gasteiger partial charge in [0, 0.05) is 25.8 Å². The molecule has 5 heteroatoms. The van der Waals surface area contributed by atoms with Crippen LogP contribution in [0.4, 0.5) is 0 Å². The largest absolute Gasteiger partial charge is 0.462 e. The van der Waals surface area contributed by atoms with Crippen molar-refractivity contribution in [3.05, 3.63) is 29.7 Å². The first-order chi connectivity index (χ1) is 10.7. The average molecular weight is 305 g/mol. The summed E-state index contributed by atoms with van der Waals surface area (Å²) in [5.41, 5.74) is 0. The molecule has 2 saturated heterocycles. The van der Waals surface area contributed by atoms with E-state index in [-0.39, 0.29) is 18.1 Å². The minimum atomic E-state index is 0.0386. The molecule has 1 amide bonds. The first-order valence-electron chi connectivity index (χ1n) is 7.97. The highest BCUT2D eigenvalue weighted by Gasteiger charge is 2.26. The lowest BCUT2D eigenvalue weighted by Crippen LogP contribution is -2.41. The van der Waals surface area contributed by atoms with E-state index >= 15 is 0 Å². The van der Waals surface area contributed by atoms with Crippen molar-refractivity contribution in [1.82, 2.24) is 4.90 Å². The first kappa shape index (κ1) is 15.3. The highest BCUT2D eigenvalue weighted by Crippen LogP contribution is 2.19. The molecule has 120 valence electrons. The van der Waals surface area contributed by atoms with Crippen molar-refractivity contribution in [3.63, 3.8) is 0 Å². The Kier molecular flexibility index (Phi) is 4.95. The number of furan rings is 1. The molecular weight excluding hydrogens is 282 g/mol. The Balaban J connectivity index is 1.44. The van der Waals surface area contributed by atoms with Crippen LogP contribution in [-0.4, -0.2) is 49.3 Å². The van der Waals surface area contributed by atoms with Gasteiger partial charge < -0.3 is 18.8 Å². The van der Waals surface area contributed by atoms with E-state index in [1.807, 2.05) is 24.0 Å². The molecule has 0 N–H and O–H groups in total. The molecule has 2 fully saturated rings. The number of rotatable bonds is 4. The van der Waals surface area contributed by atoms with Gasteiger partial charge in [0.2, 0.25) is 5.91 Å². The number of likely N-dealkylation sites (tertiary alicyclic amines) is 1. The molecule has 0 saturated carbocycles. The number of amides is 1. The summed E-state index contributed by atoms with van der Waals surface area (Å²) in [7, 11) is 0. The minimum absolute atomic E-state index is 0.0386. The molecule has 1 atom stereocenters. The molecule has 0 spiro atoms. The molecule has 22 heavy (non-hydrogen) atoms. The number of nitrogens with zero attached hydrogens (tertiary/aromatic N) is 1. The molecule has 3 heterocycles. The summed E-state index contributed by atoms with van der Waals surface area (Å²) in [4.78, 5) is 14.0. The van der Waals surface area contributed by atoms with Gasteiger partial charge in [-0.05, 0) is 44.4 Å². The third-order valence-corrected chi connectivity index (χ3v) is 4.18. The van der Waals surface area contributed by atoms with Crippen molar-refractivity contribution < 1.29 is 18.7 Å². The van der Waals surface area contributed by atoms with Gasteiger partial charge in [0.1, 0.15) is 11.5 Å². The van der Waals surface area contributed by atoms with Crippen molar-refractivity contribution >= 4 is 12.0 Å². The first-order valence-corrected chi connectivity index (χ1v) is 7.97.